The van der Waals surface area contributed by atoms with Crippen LogP contribution in [0.3, 0.4) is 0 Å². The van der Waals surface area contributed by atoms with Crippen LogP contribution in [-0.2, 0) is 4.74 Å². The summed E-state index contributed by atoms with van der Waals surface area (Å²) in [6.07, 6.45) is 3.68. The number of nitrogen functional groups attached to an aromatic ring is 1. The summed E-state index contributed by atoms with van der Waals surface area (Å²) in [4.78, 5) is 12.7. The maximum Gasteiger partial charge on any atom is 0.227 e. The van der Waals surface area contributed by atoms with Crippen LogP contribution in [0.15, 0.2) is 6.20 Å². The first kappa shape index (κ1) is 15.5. The second-order valence-electron chi connectivity index (χ2n) is 5.16. The molecule has 0 radical (unpaired) electrons. The summed E-state index contributed by atoms with van der Waals surface area (Å²) in [7, 11) is 1.94. The van der Waals surface area contributed by atoms with E-state index in [2.05, 4.69) is 14.9 Å². The van der Waals surface area contributed by atoms with Crippen LogP contribution in [-0.4, -0.2) is 61.3 Å². The zero-order chi connectivity index (χ0) is 15.1. The van der Waals surface area contributed by atoms with E-state index in [0.29, 0.717) is 11.5 Å². The summed E-state index contributed by atoms with van der Waals surface area (Å²) < 4.78 is 5.33. The van der Waals surface area contributed by atoms with E-state index in [1.165, 1.54) is 6.20 Å². The molecule has 1 saturated heterocycles. The highest BCUT2D eigenvalue weighted by molar-refractivity contribution is 5.50. The topological polar surface area (TPSA) is 91.3 Å². The van der Waals surface area contributed by atoms with Crippen molar-refractivity contribution in [1.82, 2.24) is 14.9 Å². The maximum atomic E-state index is 8.81. The molecule has 0 spiro atoms. The summed E-state index contributed by atoms with van der Waals surface area (Å²) in [5.74, 6) is 0.806. The molecule has 0 unspecified atom stereocenters. The smallest absolute Gasteiger partial charge is 0.227 e. The van der Waals surface area contributed by atoms with E-state index in [1.54, 1.807) is 0 Å². The number of aromatic nitrogens is 2. The lowest BCUT2D eigenvalue weighted by Crippen LogP contribution is -2.37. The minimum absolute atomic E-state index is 0.239. The molecule has 0 atom stereocenters. The molecule has 1 aliphatic rings. The van der Waals surface area contributed by atoms with Gasteiger partial charge in [0, 0.05) is 26.7 Å². The van der Waals surface area contributed by atoms with E-state index < -0.39 is 0 Å². The van der Waals surface area contributed by atoms with Crippen LogP contribution < -0.4 is 10.6 Å². The summed E-state index contributed by atoms with van der Waals surface area (Å²) in [5, 5.41) is 8.81. The molecule has 0 amide bonds. The molecular weight excluding hydrogens is 268 g/mol. The zero-order valence-corrected chi connectivity index (χ0v) is 12.5. The minimum atomic E-state index is 0.239. The molecule has 1 aliphatic heterocycles. The van der Waals surface area contributed by atoms with Gasteiger partial charge in [-0.25, -0.2) is 4.98 Å². The molecule has 7 heteroatoms. The van der Waals surface area contributed by atoms with Crippen molar-refractivity contribution in [3.8, 4) is 6.07 Å². The first-order valence-electron chi connectivity index (χ1n) is 7.24. The lowest BCUT2D eigenvalue weighted by atomic mass is 10.2. The molecular formula is C14H22N6O. The van der Waals surface area contributed by atoms with Gasteiger partial charge in [0.25, 0.3) is 0 Å². The van der Waals surface area contributed by atoms with E-state index in [9.17, 15) is 0 Å². The zero-order valence-electron chi connectivity index (χ0n) is 12.5. The van der Waals surface area contributed by atoms with Crippen LogP contribution in [0.5, 0.6) is 0 Å². The third-order valence-electron chi connectivity index (χ3n) is 3.59. The van der Waals surface area contributed by atoms with Gasteiger partial charge < -0.3 is 15.4 Å². The molecule has 0 bridgehead atoms. The summed E-state index contributed by atoms with van der Waals surface area (Å²) >= 11 is 0. The standard InChI is InChI=1S/C14H22N6O/c1-19(14-17-11-12(10-15)13(16)18-14)4-2-3-5-20-6-8-21-9-7-20/h11H,2-9H2,1H3,(H2,16,17,18). The Hall–Kier alpha value is -1.91. The van der Waals surface area contributed by atoms with Crippen LogP contribution in [0.4, 0.5) is 11.8 Å². The SMILES string of the molecule is CN(CCCCN1CCOCC1)c1ncc(C#N)c(N)n1. The third kappa shape index (κ3) is 4.55. The predicted octanol–water partition coefficient (Wildman–Crippen LogP) is 0.479. The molecule has 114 valence electrons. The number of hydrogen-bond donors (Lipinski definition) is 1. The van der Waals surface area contributed by atoms with E-state index in [0.717, 1.165) is 52.2 Å². The van der Waals surface area contributed by atoms with Crippen molar-refractivity contribution in [2.24, 2.45) is 0 Å². The Bertz CT molecular complexity index is 495. The van der Waals surface area contributed by atoms with Crippen LogP contribution >= 0.6 is 0 Å². The van der Waals surface area contributed by atoms with Gasteiger partial charge in [-0.05, 0) is 19.4 Å². The highest BCUT2D eigenvalue weighted by Gasteiger charge is 2.10. The molecule has 2 N–H and O–H groups in total. The molecule has 2 heterocycles. The van der Waals surface area contributed by atoms with Crippen molar-refractivity contribution < 1.29 is 4.74 Å². The Morgan fingerprint density at radius 2 is 2.19 bits per heavy atom. The lowest BCUT2D eigenvalue weighted by molar-refractivity contribution is 0.0372. The lowest BCUT2D eigenvalue weighted by Gasteiger charge is -2.26. The van der Waals surface area contributed by atoms with Crippen LogP contribution in [0.2, 0.25) is 0 Å². The van der Waals surface area contributed by atoms with Crippen molar-refractivity contribution in [2.75, 3.05) is 57.1 Å². The summed E-state index contributed by atoms with van der Waals surface area (Å²) in [6, 6.07) is 1.97. The van der Waals surface area contributed by atoms with E-state index in [1.807, 2.05) is 18.0 Å². The Labute approximate surface area is 125 Å². The van der Waals surface area contributed by atoms with Gasteiger partial charge >= 0.3 is 0 Å². The van der Waals surface area contributed by atoms with Gasteiger partial charge in [-0.3, -0.25) is 4.90 Å². The van der Waals surface area contributed by atoms with Crippen LogP contribution in [0.1, 0.15) is 18.4 Å². The Morgan fingerprint density at radius 3 is 2.86 bits per heavy atom. The number of nitrogens with two attached hydrogens (primary N) is 1. The fraction of sp³-hybridized carbons (Fsp3) is 0.643. The van der Waals surface area contributed by atoms with Gasteiger partial charge in [0.15, 0.2) is 0 Å². The minimum Gasteiger partial charge on any atom is -0.382 e. The number of rotatable bonds is 6. The molecule has 21 heavy (non-hydrogen) atoms. The number of hydrogen-bond acceptors (Lipinski definition) is 7. The maximum absolute atomic E-state index is 8.81. The van der Waals surface area contributed by atoms with Crippen molar-refractivity contribution in [3.05, 3.63) is 11.8 Å². The van der Waals surface area contributed by atoms with Gasteiger partial charge in [0.2, 0.25) is 5.95 Å². The molecule has 0 saturated carbocycles. The monoisotopic (exact) mass is 290 g/mol. The number of anilines is 2. The largest absolute Gasteiger partial charge is 0.382 e. The number of ether oxygens (including phenoxy) is 1. The third-order valence-corrected chi connectivity index (χ3v) is 3.59. The quantitative estimate of drug-likeness (QED) is 0.762. The van der Waals surface area contributed by atoms with Gasteiger partial charge in [-0.2, -0.15) is 10.2 Å². The van der Waals surface area contributed by atoms with Gasteiger partial charge in [-0.1, -0.05) is 0 Å². The molecule has 1 fully saturated rings. The number of morpholine rings is 1. The molecule has 2 rings (SSSR count). The van der Waals surface area contributed by atoms with Crippen molar-refractivity contribution >= 4 is 11.8 Å². The molecule has 7 nitrogen and oxygen atoms in total. The van der Waals surface area contributed by atoms with Gasteiger partial charge in [-0.15, -0.1) is 0 Å². The van der Waals surface area contributed by atoms with Crippen molar-refractivity contribution in [2.45, 2.75) is 12.8 Å². The number of nitrogens with zero attached hydrogens (tertiary/aromatic N) is 5. The van der Waals surface area contributed by atoms with Crippen molar-refractivity contribution in [1.29, 1.82) is 5.26 Å². The highest BCUT2D eigenvalue weighted by Crippen LogP contribution is 2.12. The first-order chi connectivity index (χ1) is 10.2. The van der Waals surface area contributed by atoms with Crippen LogP contribution in [0, 0.1) is 11.3 Å². The number of unbranched alkanes of at least 4 members (excludes halogenated alkanes) is 1. The Balaban J connectivity index is 1.72. The van der Waals surface area contributed by atoms with E-state index >= 15 is 0 Å². The van der Waals surface area contributed by atoms with E-state index in [4.69, 9.17) is 15.7 Å². The van der Waals surface area contributed by atoms with Crippen LogP contribution in [0.25, 0.3) is 0 Å². The Kier molecular flexibility index (Phi) is 5.72. The van der Waals surface area contributed by atoms with Gasteiger partial charge in [0.1, 0.15) is 17.5 Å². The second-order valence-corrected chi connectivity index (χ2v) is 5.16. The summed E-state index contributed by atoms with van der Waals surface area (Å²) in [6.45, 7) is 5.73. The fourth-order valence-corrected chi connectivity index (χ4v) is 2.26. The van der Waals surface area contributed by atoms with Crippen molar-refractivity contribution in [3.63, 3.8) is 0 Å². The molecule has 0 aromatic carbocycles. The first-order valence-corrected chi connectivity index (χ1v) is 7.24. The second kappa shape index (κ2) is 7.76. The molecule has 1 aromatic rings. The average Bonchev–Trinajstić information content (AvgIpc) is 2.52. The van der Waals surface area contributed by atoms with E-state index in [-0.39, 0.29) is 5.82 Å². The summed E-state index contributed by atoms with van der Waals surface area (Å²) in [5.41, 5.74) is 6.02. The number of nitriles is 1. The predicted molar refractivity (Wildman–Crippen MR) is 80.9 cm³/mol. The average molecular weight is 290 g/mol. The normalized spacial score (nSPS) is 15.6. The fourth-order valence-electron chi connectivity index (χ4n) is 2.26. The highest BCUT2D eigenvalue weighted by atomic mass is 16.5. The molecule has 1 aromatic heterocycles. The molecule has 0 aliphatic carbocycles. The van der Waals surface area contributed by atoms with Gasteiger partial charge in [0.05, 0.1) is 19.4 Å². The Morgan fingerprint density at radius 1 is 1.43 bits per heavy atom.